The van der Waals surface area contributed by atoms with Crippen molar-refractivity contribution in [2.75, 3.05) is 50.2 Å². The number of benzene rings is 2. The third kappa shape index (κ3) is 8.43. The van der Waals surface area contributed by atoms with Crippen molar-refractivity contribution in [2.24, 2.45) is 5.92 Å². The van der Waals surface area contributed by atoms with Crippen molar-refractivity contribution in [3.8, 4) is 5.75 Å². The lowest BCUT2D eigenvalue weighted by Gasteiger charge is -2.38. The van der Waals surface area contributed by atoms with Crippen molar-refractivity contribution in [1.82, 2.24) is 9.80 Å². The van der Waals surface area contributed by atoms with Gasteiger partial charge in [-0.05, 0) is 58.1 Å². The zero-order chi connectivity index (χ0) is 29.2. The summed E-state index contributed by atoms with van der Waals surface area (Å²) >= 11 is 0. The monoisotopic (exact) mass is 553 g/mol. The van der Waals surface area contributed by atoms with Crippen LogP contribution >= 0.6 is 0 Å². The summed E-state index contributed by atoms with van der Waals surface area (Å²) in [6.07, 6.45) is 2.35. The maximum Gasteiger partial charge on any atom is 0.258 e. The Labute approximate surface area is 236 Å². The number of nitrogens with two attached hydrogens (primary N) is 1. The molecule has 3 amide bonds. The minimum atomic E-state index is -0.355. The Balaban J connectivity index is 1.62. The molecule has 0 unspecified atom stereocenters. The Morgan fingerprint density at radius 1 is 1.05 bits per heavy atom. The lowest BCUT2D eigenvalue weighted by atomic mass is 9.99. The number of hydrogen-bond donors (Lipinski definition) is 4. The van der Waals surface area contributed by atoms with Gasteiger partial charge in [0, 0.05) is 31.8 Å². The number of carbonyl (C=O) groups excluding carboxylic acids is 3. The maximum absolute atomic E-state index is 13.5. The predicted octanol–water partition coefficient (Wildman–Crippen LogP) is 3.58. The Morgan fingerprint density at radius 2 is 1.68 bits per heavy atom. The van der Waals surface area contributed by atoms with E-state index >= 15 is 0 Å². The number of carbonyl (C=O) groups is 3. The van der Waals surface area contributed by atoms with E-state index in [2.05, 4.69) is 10.6 Å². The highest BCUT2D eigenvalue weighted by Gasteiger charge is 2.34. The Kier molecular flexibility index (Phi) is 11.3. The molecule has 0 aromatic heterocycles. The van der Waals surface area contributed by atoms with E-state index < -0.39 is 0 Å². The van der Waals surface area contributed by atoms with Gasteiger partial charge < -0.3 is 36.0 Å². The topological polar surface area (TPSA) is 137 Å². The van der Waals surface area contributed by atoms with Gasteiger partial charge in [0.25, 0.3) is 5.91 Å². The lowest BCUT2D eigenvalue weighted by Crippen LogP contribution is -2.49. The molecule has 0 fully saturated rings. The predicted molar refractivity (Wildman–Crippen MR) is 157 cm³/mol. The Bertz CT molecular complexity index is 1170. The number of ether oxygens (including phenoxy) is 1. The molecule has 10 nitrogen and oxygen atoms in total. The van der Waals surface area contributed by atoms with Crippen LogP contribution in [0.4, 0.5) is 17.1 Å². The quantitative estimate of drug-likeness (QED) is 0.233. The Hall–Kier alpha value is -3.63. The number of nitrogens with zero attached hydrogens (tertiary/aromatic N) is 2. The van der Waals surface area contributed by atoms with Crippen molar-refractivity contribution in [3.63, 3.8) is 0 Å². The van der Waals surface area contributed by atoms with E-state index in [-0.39, 0.29) is 48.8 Å². The minimum Gasteiger partial charge on any atom is -0.486 e. The van der Waals surface area contributed by atoms with Crippen LogP contribution in [-0.2, 0) is 9.59 Å². The molecule has 218 valence electrons. The molecule has 0 aliphatic carbocycles. The molecule has 0 saturated carbocycles. The summed E-state index contributed by atoms with van der Waals surface area (Å²) in [6, 6.07) is 11.9. The second-order valence-electron chi connectivity index (χ2n) is 10.8. The highest BCUT2D eigenvalue weighted by atomic mass is 16.5. The minimum absolute atomic E-state index is 0.00668. The molecule has 0 radical (unpaired) electrons. The van der Waals surface area contributed by atoms with Gasteiger partial charge in [0.2, 0.25) is 11.8 Å². The first-order valence-electron chi connectivity index (χ1n) is 13.9. The van der Waals surface area contributed by atoms with Crippen LogP contribution in [0.15, 0.2) is 42.5 Å². The van der Waals surface area contributed by atoms with Crippen molar-refractivity contribution >= 4 is 34.8 Å². The van der Waals surface area contributed by atoms with Crippen LogP contribution < -0.4 is 21.1 Å². The molecule has 3 rings (SSSR count). The van der Waals surface area contributed by atoms with Crippen molar-refractivity contribution in [1.29, 1.82) is 0 Å². The zero-order valence-electron chi connectivity index (χ0n) is 24.0. The first-order chi connectivity index (χ1) is 19.1. The number of fused-ring (bicyclic) bond motifs is 1. The van der Waals surface area contributed by atoms with E-state index in [1.165, 1.54) is 0 Å². The second-order valence-corrected chi connectivity index (χ2v) is 10.8. The number of para-hydroxylation sites is 3. The van der Waals surface area contributed by atoms with Gasteiger partial charge in [0.1, 0.15) is 6.10 Å². The number of anilines is 3. The second kappa shape index (κ2) is 14.7. The summed E-state index contributed by atoms with van der Waals surface area (Å²) < 4.78 is 6.43. The van der Waals surface area contributed by atoms with E-state index in [4.69, 9.17) is 10.5 Å². The average Bonchev–Trinajstić information content (AvgIpc) is 2.91. The van der Waals surface area contributed by atoms with Crippen LogP contribution in [0.2, 0.25) is 0 Å². The average molecular weight is 554 g/mol. The van der Waals surface area contributed by atoms with Gasteiger partial charge in [0.05, 0.1) is 35.3 Å². The van der Waals surface area contributed by atoms with E-state index in [0.717, 1.165) is 0 Å². The summed E-state index contributed by atoms with van der Waals surface area (Å²) in [7, 11) is 3.92. The number of nitrogens with one attached hydrogen (secondary N) is 2. The van der Waals surface area contributed by atoms with Gasteiger partial charge in [-0.3, -0.25) is 14.4 Å². The SMILES string of the molecule is C[C@@H]1CN([C@@H](C)CO)C(=O)c2cccc(NC(=O)CCCCCC(=O)Nc3ccccc3N)c2O[C@@H]1CN(C)C. The molecule has 2 aromatic carbocycles. The molecular weight excluding hydrogens is 510 g/mol. The van der Waals surface area contributed by atoms with E-state index in [0.29, 0.717) is 67.1 Å². The Morgan fingerprint density at radius 3 is 2.30 bits per heavy atom. The molecule has 2 aromatic rings. The first kappa shape index (κ1) is 30.9. The number of hydrogen-bond acceptors (Lipinski definition) is 7. The van der Waals surface area contributed by atoms with Crippen LogP contribution in [0.25, 0.3) is 0 Å². The van der Waals surface area contributed by atoms with Gasteiger partial charge >= 0.3 is 0 Å². The van der Waals surface area contributed by atoms with E-state index in [1.807, 2.05) is 45.0 Å². The van der Waals surface area contributed by atoms with Crippen molar-refractivity contribution in [3.05, 3.63) is 48.0 Å². The van der Waals surface area contributed by atoms with E-state index in [9.17, 15) is 19.5 Å². The molecule has 0 bridgehead atoms. The molecule has 40 heavy (non-hydrogen) atoms. The lowest BCUT2D eigenvalue weighted by molar-refractivity contribution is -0.116. The summed E-state index contributed by atoms with van der Waals surface area (Å²) in [5.41, 5.74) is 7.80. The number of aliphatic hydroxyl groups is 1. The summed E-state index contributed by atoms with van der Waals surface area (Å²) in [5, 5.41) is 15.5. The molecule has 0 spiro atoms. The molecule has 5 N–H and O–H groups in total. The number of likely N-dealkylation sites (N-methyl/N-ethyl adjacent to an activating group) is 1. The van der Waals surface area contributed by atoms with Crippen LogP contribution in [0.1, 0.15) is 56.3 Å². The molecule has 3 atom stereocenters. The fraction of sp³-hybridized carbons (Fsp3) is 0.500. The smallest absolute Gasteiger partial charge is 0.258 e. The summed E-state index contributed by atoms with van der Waals surface area (Å²) in [4.78, 5) is 42.3. The standard InChI is InChI=1S/C30H43N5O5/c1-20-17-35(21(2)19-36)30(39)22-11-10-14-25(29(22)40-26(20)18-34(3)4)33-28(38)16-7-5-6-15-27(37)32-24-13-9-8-12-23(24)31/h8-14,20-21,26,36H,5-7,15-19,31H2,1-4H3,(H,32,37)(H,33,38)/t20-,21+,26-/m1/s1. The van der Waals surface area contributed by atoms with Gasteiger partial charge in [-0.2, -0.15) is 0 Å². The highest BCUT2D eigenvalue weighted by Crippen LogP contribution is 2.35. The van der Waals surface area contributed by atoms with Gasteiger partial charge in [-0.15, -0.1) is 0 Å². The zero-order valence-corrected chi connectivity index (χ0v) is 24.0. The summed E-state index contributed by atoms with van der Waals surface area (Å²) in [6.45, 7) is 4.78. The molecule has 0 saturated heterocycles. The number of unbranched alkanes of at least 4 members (excludes halogenated alkanes) is 2. The van der Waals surface area contributed by atoms with Gasteiger partial charge in [-0.1, -0.05) is 31.5 Å². The summed E-state index contributed by atoms with van der Waals surface area (Å²) in [5.74, 6) is -0.193. The number of nitrogen functional groups attached to an aromatic ring is 1. The third-order valence-electron chi connectivity index (χ3n) is 7.05. The fourth-order valence-electron chi connectivity index (χ4n) is 4.70. The van der Waals surface area contributed by atoms with Crippen LogP contribution in [0.5, 0.6) is 5.75 Å². The molecule has 1 aliphatic rings. The largest absolute Gasteiger partial charge is 0.486 e. The highest BCUT2D eigenvalue weighted by molar-refractivity contribution is 6.01. The van der Waals surface area contributed by atoms with Crippen molar-refractivity contribution < 1.29 is 24.2 Å². The van der Waals surface area contributed by atoms with Crippen LogP contribution in [0.3, 0.4) is 0 Å². The fourth-order valence-corrected chi connectivity index (χ4v) is 4.70. The maximum atomic E-state index is 13.5. The molecule has 1 heterocycles. The molecule has 1 aliphatic heterocycles. The number of aliphatic hydroxyl groups excluding tert-OH is 1. The third-order valence-corrected chi connectivity index (χ3v) is 7.05. The van der Waals surface area contributed by atoms with Crippen LogP contribution in [-0.4, -0.2) is 78.6 Å². The number of amides is 3. The molecular formula is C30H43N5O5. The van der Waals surface area contributed by atoms with Gasteiger partial charge in [0.15, 0.2) is 5.75 Å². The normalized spacial score (nSPS) is 17.9. The van der Waals surface area contributed by atoms with Crippen LogP contribution in [0, 0.1) is 5.92 Å². The van der Waals surface area contributed by atoms with E-state index in [1.54, 1.807) is 35.2 Å². The molecule has 10 heteroatoms. The van der Waals surface area contributed by atoms with Crippen molar-refractivity contribution in [2.45, 2.75) is 58.1 Å². The number of rotatable bonds is 12. The van der Waals surface area contributed by atoms with Gasteiger partial charge in [-0.25, -0.2) is 0 Å². The first-order valence-corrected chi connectivity index (χ1v) is 13.9.